The summed E-state index contributed by atoms with van der Waals surface area (Å²) in [6.45, 7) is 3.08. The summed E-state index contributed by atoms with van der Waals surface area (Å²) >= 11 is 0. The number of hydrogen-bond acceptors (Lipinski definition) is 3. The molecule has 1 rings (SSSR count). The van der Waals surface area contributed by atoms with Gasteiger partial charge in [-0.1, -0.05) is 5.92 Å². The molecule has 94 valence electrons. The maximum absolute atomic E-state index is 12.1. The van der Waals surface area contributed by atoms with Gasteiger partial charge >= 0.3 is 12.0 Å². The van der Waals surface area contributed by atoms with E-state index in [-0.39, 0.29) is 25.7 Å². The molecule has 1 N–H and O–H groups in total. The predicted molar refractivity (Wildman–Crippen MR) is 60.4 cm³/mol. The maximum Gasteiger partial charge on any atom is 0.328 e. The minimum Gasteiger partial charge on any atom is -0.480 e. The summed E-state index contributed by atoms with van der Waals surface area (Å²) in [5.74, 6) is 1.32. The summed E-state index contributed by atoms with van der Waals surface area (Å²) in [7, 11) is 0. The Bertz CT molecular complexity index is 337. The van der Waals surface area contributed by atoms with E-state index in [2.05, 4.69) is 5.92 Å². The normalized spacial score (nSPS) is 19.5. The van der Waals surface area contributed by atoms with Crippen molar-refractivity contribution >= 4 is 12.0 Å². The molecule has 1 unspecified atom stereocenters. The largest absolute Gasteiger partial charge is 0.480 e. The van der Waals surface area contributed by atoms with Crippen LogP contribution in [0.5, 0.6) is 0 Å². The second-order valence-electron chi connectivity index (χ2n) is 3.62. The number of morpholine rings is 1. The van der Waals surface area contributed by atoms with Crippen LogP contribution in [0.2, 0.25) is 0 Å². The van der Waals surface area contributed by atoms with Gasteiger partial charge in [0.1, 0.15) is 0 Å². The molecule has 1 atom stereocenters. The topological polar surface area (TPSA) is 70.1 Å². The molecular formula is C11H16N2O4. The first kappa shape index (κ1) is 13.3. The van der Waals surface area contributed by atoms with Gasteiger partial charge in [-0.05, 0) is 6.92 Å². The fourth-order valence-corrected chi connectivity index (χ4v) is 1.64. The molecule has 0 spiro atoms. The van der Waals surface area contributed by atoms with Crippen LogP contribution in [0.3, 0.4) is 0 Å². The molecule has 1 saturated heterocycles. The van der Waals surface area contributed by atoms with Gasteiger partial charge in [-0.3, -0.25) is 0 Å². The highest BCUT2D eigenvalue weighted by molar-refractivity contribution is 5.83. The Balaban J connectivity index is 2.77. The zero-order valence-corrected chi connectivity index (χ0v) is 9.76. The fraction of sp³-hybridized carbons (Fsp3) is 0.636. The number of hydrogen-bond donors (Lipinski definition) is 1. The molecule has 1 aliphatic heterocycles. The molecule has 1 aliphatic rings. The molecular weight excluding hydrogens is 224 g/mol. The smallest absolute Gasteiger partial charge is 0.328 e. The predicted octanol–water partition coefficient (Wildman–Crippen LogP) is -0.153. The number of carbonyl (C=O) groups excluding carboxylic acids is 1. The molecule has 17 heavy (non-hydrogen) atoms. The molecule has 0 aromatic rings. The molecule has 6 heteroatoms. The van der Waals surface area contributed by atoms with E-state index in [1.54, 1.807) is 6.92 Å². The Labute approximate surface area is 100 Å². The van der Waals surface area contributed by atoms with Crippen molar-refractivity contribution in [2.24, 2.45) is 0 Å². The van der Waals surface area contributed by atoms with E-state index in [1.807, 2.05) is 0 Å². The van der Waals surface area contributed by atoms with Gasteiger partial charge < -0.3 is 19.6 Å². The number of carboxylic acid groups (broad SMARTS) is 1. The molecule has 0 bridgehead atoms. The van der Waals surface area contributed by atoms with Crippen molar-refractivity contribution < 1.29 is 19.4 Å². The molecule has 0 radical (unpaired) electrons. The zero-order valence-electron chi connectivity index (χ0n) is 9.76. The number of aliphatic carboxylic acids is 1. The zero-order chi connectivity index (χ0) is 12.8. The molecule has 0 saturated carbocycles. The van der Waals surface area contributed by atoms with Crippen molar-refractivity contribution in [1.82, 2.24) is 9.80 Å². The number of terminal acetylenes is 1. The van der Waals surface area contributed by atoms with Crippen LogP contribution in [-0.4, -0.2) is 65.8 Å². The van der Waals surface area contributed by atoms with E-state index in [0.29, 0.717) is 13.2 Å². The first-order valence-corrected chi connectivity index (χ1v) is 5.41. The molecule has 1 heterocycles. The van der Waals surface area contributed by atoms with Crippen LogP contribution in [0.1, 0.15) is 6.92 Å². The molecule has 0 aliphatic carbocycles. The minimum atomic E-state index is -1.06. The van der Waals surface area contributed by atoms with Crippen LogP contribution in [0.4, 0.5) is 4.79 Å². The maximum atomic E-state index is 12.1. The third kappa shape index (κ3) is 3.11. The highest BCUT2D eigenvalue weighted by atomic mass is 16.5. The number of ether oxygens (including phenoxy) is 1. The molecule has 1 fully saturated rings. The van der Waals surface area contributed by atoms with Gasteiger partial charge in [0.25, 0.3) is 0 Å². The Hall–Kier alpha value is -1.74. The Morgan fingerprint density at radius 3 is 2.88 bits per heavy atom. The third-order valence-corrected chi connectivity index (χ3v) is 2.59. The van der Waals surface area contributed by atoms with Crippen LogP contribution in [-0.2, 0) is 9.53 Å². The fourth-order valence-electron chi connectivity index (χ4n) is 1.64. The van der Waals surface area contributed by atoms with Gasteiger partial charge in [0.15, 0.2) is 6.04 Å². The van der Waals surface area contributed by atoms with Crippen LogP contribution >= 0.6 is 0 Å². The van der Waals surface area contributed by atoms with Crippen LogP contribution in [0.25, 0.3) is 0 Å². The van der Waals surface area contributed by atoms with E-state index < -0.39 is 12.0 Å². The second-order valence-corrected chi connectivity index (χ2v) is 3.62. The highest BCUT2D eigenvalue weighted by Gasteiger charge is 2.34. The van der Waals surface area contributed by atoms with Gasteiger partial charge in [-0.15, -0.1) is 6.42 Å². The van der Waals surface area contributed by atoms with Gasteiger partial charge in [0, 0.05) is 13.1 Å². The summed E-state index contributed by atoms with van der Waals surface area (Å²) < 4.78 is 5.06. The molecule has 6 nitrogen and oxygen atoms in total. The summed E-state index contributed by atoms with van der Waals surface area (Å²) in [6.07, 6.45) is 5.16. The van der Waals surface area contributed by atoms with Crippen molar-refractivity contribution in [2.45, 2.75) is 13.0 Å². The number of nitrogens with zero attached hydrogens (tertiary/aromatic N) is 2. The van der Waals surface area contributed by atoms with Gasteiger partial charge in [0.05, 0.1) is 19.8 Å². The molecule has 0 aromatic carbocycles. The standard InChI is InChI=1S/C11H16N2O4/c1-3-5-12(4-2)11(16)13-6-7-17-8-9(13)10(14)15/h1,9H,4-8H2,2H3,(H,14,15). The Morgan fingerprint density at radius 2 is 2.35 bits per heavy atom. The summed E-state index contributed by atoms with van der Waals surface area (Å²) in [6, 6.07) is -1.27. The number of carbonyl (C=O) groups is 2. The van der Waals surface area contributed by atoms with Crippen molar-refractivity contribution in [3.63, 3.8) is 0 Å². The summed E-state index contributed by atoms with van der Waals surface area (Å²) in [5.41, 5.74) is 0. The van der Waals surface area contributed by atoms with Gasteiger partial charge in [-0.2, -0.15) is 0 Å². The van der Waals surface area contributed by atoms with Crippen molar-refractivity contribution in [2.75, 3.05) is 32.8 Å². The van der Waals surface area contributed by atoms with Crippen LogP contribution < -0.4 is 0 Å². The van der Waals surface area contributed by atoms with Gasteiger partial charge in [-0.25, -0.2) is 9.59 Å². The third-order valence-electron chi connectivity index (χ3n) is 2.59. The van der Waals surface area contributed by atoms with E-state index in [0.717, 1.165) is 0 Å². The molecule has 0 aromatic heterocycles. The lowest BCUT2D eigenvalue weighted by Gasteiger charge is -2.35. The highest BCUT2D eigenvalue weighted by Crippen LogP contribution is 2.10. The monoisotopic (exact) mass is 240 g/mol. The average Bonchev–Trinajstić information content (AvgIpc) is 2.35. The number of amides is 2. The minimum absolute atomic E-state index is 0.0225. The van der Waals surface area contributed by atoms with Crippen molar-refractivity contribution in [1.29, 1.82) is 0 Å². The Morgan fingerprint density at radius 1 is 1.65 bits per heavy atom. The lowest BCUT2D eigenvalue weighted by Crippen LogP contribution is -2.56. The Kier molecular flexibility index (Phi) is 4.79. The quantitative estimate of drug-likeness (QED) is 0.696. The van der Waals surface area contributed by atoms with E-state index in [4.69, 9.17) is 16.3 Å². The van der Waals surface area contributed by atoms with Crippen molar-refractivity contribution in [3.05, 3.63) is 0 Å². The SMILES string of the molecule is C#CCN(CC)C(=O)N1CCOCC1C(=O)O. The van der Waals surface area contributed by atoms with Gasteiger partial charge in [0.2, 0.25) is 0 Å². The number of urea groups is 1. The van der Waals surface area contributed by atoms with Crippen LogP contribution in [0, 0.1) is 12.3 Å². The first-order valence-electron chi connectivity index (χ1n) is 5.41. The molecule has 2 amide bonds. The van der Waals surface area contributed by atoms with E-state index in [1.165, 1.54) is 9.80 Å². The summed E-state index contributed by atoms with van der Waals surface area (Å²) in [4.78, 5) is 25.8. The van der Waals surface area contributed by atoms with Crippen LogP contribution in [0.15, 0.2) is 0 Å². The van der Waals surface area contributed by atoms with E-state index in [9.17, 15) is 9.59 Å². The number of carboxylic acids is 1. The average molecular weight is 240 g/mol. The van der Waals surface area contributed by atoms with Crippen molar-refractivity contribution in [3.8, 4) is 12.3 Å². The lowest BCUT2D eigenvalue weighted by atomic mass is 10.2. The number of rotatable bonds is 3. The summed E-state index contributed by atoms with van der Waals surface area (Å²) in [5, 5.41) is 9.01. The lowest BCUT2D eigenvalue weighted by molar-refractivity contribution is -0.147. The second kappa shape index (κ2) is 6.11. The first-order chi connectivity index (χ1) is 8.11. The van der Waals surface area contributed by atoms with E-state index >= 15 is 0 Å².